The molecule has 0 aliphatic rings. The van der Waals surface area contributed by atoms with Gasteiger partial charge in [-0.3, -0.25) is 0 Å². The fourth-order valence-electron chi connectivity index (χ4n) is 1.46. The quantitative estimate of drug-likeness (QED) is 0.824. The average molecular weight is 259 g/mol. The van der Waals surface area contributed by atoms with Gasteiger partial charge in [-0.05, 0) is 25.5 Å². The number of halogens is 2. The molecular weight excluding hydrogens is 244 g/mol. The topological polar surface area (TPSA) is 58.6 Å². The highest BCUT2D eigenvalue weighted by atomic mass is 19.2. The summed E-state index contributed by atoms with van der Waals surface area (Å²) in [7, 11) is 1.55. The zero-order chi connectivity index (χ0) is 13.7. The third-order valence-electron chi connectivity index (χ3n) is 2.47. The number of ether oxygens (including phenoxy) is 1. The summed E-state index contributed by atoms with van der Waals surface area (Å²) in [6, 6.07) is 2.13. The average Bonchev–Trinajstić information content (AvgIpc) is 2.32. The van der Waals surface area contributed by atoms with Gasteiger partial charge in [0.2, 0.25) is 0 Å². The SMILES string of the molecule is COCCC(C)Nc1ccc(C(=O)O)c(F)c1F. The maximum atomic E-state index is 13.6. The zero-order valence-electron chi connectivity index (χ0n) is 10.2. The van der Waals surface area contributed by atoms with Gasteiger partial charge in [0, 0.05) is 19.8 Å². The van der Waals surface area contributed by atoms with Crippen molar-refractivity contribution in [3.05, 3.63) is 29.3 Å². The van der Waals surface area contributed by atoms with Gasteiger partial charge >= 0.3 is 5.97 Å². The molecule has 18 heavy (non-hydrogen) atoms. The molecule has 100 valence electrons. The fourth-order valence-corrected chi connectivity index (χ4v) is 1.46. The largest absolute Gasteiger partial charge is 0.478 e. The molecule has 0 bridgehead atoms. The summed E-state index contributed by atoms with van der Waals surface area (Å²) < 4.78 is 31.8. The lowest BCUT2D eigenvalue weighted by molar-refractivity contribution is 0.0690. The Kier molecular flexibility index (Phi) is 5.03. The summed E-state index contributed by atoms with van der Waals surface area (Å²) in [4.78, 5) is 10.6. The second-order valence-corrected chi connectivity index (χ2v) is 3.92. The Balaban J connectivity index is 2.85. The van der Waals surface area contributed by atoms with E-state index in [1.165, 1.54) is 6.07 Å². The van der Waals surface area contributed by atoms with E-state index < -0.39 is 23.2 Å². The number of benzene rings is 1. The van der Waals surface area contributed by atoms with Gasteiger partial charge in [0.1, 0.15) is 0 Å². The lowest BCUT2D eigenvalue weighted by Gasteiger charge is -2.15. The first-order valence-corrected chi connectivity index (χ1v) is 5.44. The summed E-state index contributed by atoms with van der Waals surface area (Å²) in [6.45, 7) is 2.28. The third-order valence-corrected chi connectivity index (χ3v) is 2.47. The van der Waals surface area contributed by atoms with Gasteiger partial charge in [0.05, 0.1) is 11.3 Å². The molecule has 1 aromatic carbocycles. The van der Waals surface area contributed by atoms with E-state index in [2.05, 4.69) is 5.32 Å². The molecule has 1 rings (SSSR count). The summed E-state index contributed by atoms with van der Waals surface area (Å²) in [5.41, 5.74) is -0.733. The smallest absolute Gasteiger partial charge is 0.338 e. The molecule has 1 aromatic rings. The number of aromatic carboxylic acids is 1. The number of anilines is 1. The minimum Gasteiger partial charge on any atom is -0.478 e. The molecular formula is C12H15F2NO3. The predicted octanol–water partition coefficient (Wildman–Crippen LogP) is 2.50. The maximum absolute atomic E-state index is 13.6. The lowest BCUT2D eigenvalue weighted by Crippen LogP contribution is -2.18. The second-order valence-electron chi connectivity index (χ2n) is 3.92. The van der Waals surface area contributed by atoms with Gasteiger partial charge in [-0.25, -0.2) is 13.6 Å². The van der Waals surface area contributed by atoms with Crippen molar-refractivity contribution in [2.45, 2.75) is 19.4 Å². The van der Waals surface area contributed by atoms with Crippen molar-refractivity contribution in [2.75, 3.05) is 19.0 Å². The molecule has 0 amide bonds. The number of rotatable bonds is 6. The van der Waals surface area contributed by atoms with Crippen molar-refractivity contribution in [3.8, 4) is 0 Å². The van der Waals surface area contributed by atoms with Crippen molar-refractivity contribution in [1.29, 1.82) is 0 Å². The number of hydrogen-bond acceptors (Lipinski definition) is 3. The van der Waals surface area contributed by atoms with Crippen LogP contribution in [-0.4, -0.2) is 30.8 Å². The summed E-state index contributed by atoms with van der Waals surface area (Å²) in [5.74, 6) is -4.03. The first kappa shape index (κ1) is 14.4. The van der Waals surface area contributed by atoms with Gasteiger partial charge in [-0.1, -0.05) is 0 Å². The van der Waals surface area contributed by atoms with Crippen LogP contribution in [0.25, 0.3) is 0 Å². The van der Waals surface area contributed by atoms with E-state index in [0.717, 1.165) is 6.07 Å². The molecule has 4 nitrogen and oxygen atoms in total. The first-order valence-electron chi connectivity index (χ1n) is 5.44. The van der Waals surface area contributed by atoms with Crippen LogP contribution in [-0.2, 0) is 4.74 Å². The van der Waals surface area contributed by atoms with Crippen LogP contribution in [0.15, 0.2) is 12.1 Å². The van der Waals surface area contributed by atoms with E-state index in [4.69, 9.17) is 9.84 Å². The van der Waals surface area contributed by atoms with Crippen molar-refractivity contribution >= 4 is 11.7 Å². The Morgan fingerprint density at radius 3 is 2.67 bits per heavy atom. The van der Waals surface area contributed by atoms with Crippen LogP contribution >= 0.6 is 0 Å². The molecule has 0 fully saturated rings. The maximum Gasteiger partial charge on any atom is 0.338 e. The molecule has 6 heteroatoms. The Labute approximate surface area is 104 Å². The van der Waals surface area contributed by atoms with E-state index in [9.17, 15) is 13.6 Å². The van der Waals surface area contributed by atoms with Crippen molar-refractivity contribution < 1.29 is 23.4 Å². The Hall–Kier alpha value is -1.69. The number of hydrogen-bond donors (Lipinski definition) is 2. The summed E-state index contributed by atoms with van der Waals surface area (Å²) in [5, 5.41) is 11.4. The fraction of sp³-hybridized carbons (Fsp3) is 0.417. The van der Waals surface area contributed by atoms with E-state index in [1.54, 1.807) is 14.0 Å². The van der Waals surface area contributed by atoms with Gasteiger partial charge < -0.3 is 15.2 Å². The molecule has 0 radical (unpaired) electrons. The van der Waals surface area contributed by atoms with Crippen molar-refractivity contribution in [2.24, 2.45) is 0 Å². The number of carboxylic acids is 1. The van der Waals surface area contributed by atoms with Crippen molar-refractivity contribution in [1.82, 2.24) is 0 Å². The Morgan fingerprint density at radius 2 is 2.11 bits per heavy atom. The monoisotopic (exact) mass is 259 g/mol. The number of carbonyl (C=O) groups is 1. The highest BCUT2D eigenvalue weighted by Crippen LogP contribution is 2.21. The van der Waals surface area contributed by atoms with Gasteiger partial charge in [0.15, 0.2) is 11.6 Å². The van der Waals surface area contributed by atoms with Crippen LogP contribution in [0.3, 0.4) is 0 Å². The molecule has 2 N–H and O–H groups in total. The zero-order valence-corrected chi connectivity index (χ0v) is 10.2. The lowest BCUT2D eigenvalue weighted by atomic mass is 10.1. The molecule has 0 saturated carbocycles. The van der Waals surface area contributed by atoms with E-state index >= 15 is 0 Å². The molecule has 0 aliphatic carbocycles. The van der Waals surface area contributed by atoms with Gasteiger partial charge in [0.25, 0.3) is 0 Å². The van der Waals surface area contributed by atoms with E-state index in [0.29, 0.717) is 13.0 Å². The molecule has 0 aromatic heterocycles. The van der Waals surface area contributed by atoms with Crippen LogP contribution < -0.4 is 5.32 Å². The summed E-state index contributed by atoms with van der Waals surface area (Å²) in [6.07, 6.45) is 0.623. The van der Waals surface area contributed by atoms with Crippen molar-refractivity contribution in [3.63, 3.8) is 0 Å². The highest BCUT2D eigenvalue weighted by Gasteiger charge is 2.18. The second kappa shape index (κ2) is 6.30. The number of methoxy groups -OCH3 is 1. The minimum absolute atomic E-state index is 0.0545. The van der Waals surface area contributed by atoms with Crippen LogP contribution in [0.1, 0.15) is 23.7 Å². The third kappa shape index (κ3) is 3.40. The van der Waals surface area contributed by atoms with Gasteiger partial charge in [-0.15, -0.1) is 0 Å². The predicted molar refractivity (Wildman–Crippen MR) is 62.9 cm³/mol. The standard InChI is InChI=1S/C12H15F2NO3/c1-7(5-6-18-2)15-9-4-3-8(12(16)17)10(13)11(9)14/h3-4,7,15H,5-6H2,1-2H3,(H,16,17). The highest BCUT2D eigenvalue weighted by molar-refractivity contribution is 5.88. The Bertz CT molecular complexity index is 438. The molecule has 1 unspecified atom stereocenters. The van der Waals surface area contributed by atoms with E-state index in [1.807, 2.05) is 0 Å². The van der Waals surface area contributed by atoms with Crippen LogP contribution in [0.5, 0.6) is 0 Å². The van der Waals surface area contributed by atoms with Gasteiger partial charge in [-0.2, -0.15) is 0 Å². The molecule has 1 atom stereocenters. The minimum atomic E-state index is -1.50. The summed E-state index contributed by atoms with van der Waals surface area (Å²) >= 11 is 0. The molecule has 0 aliphatic heterocycles. The normalized spacial score (nSPS) is 12.2. The van der Waals surface area contributed by atoms with Crippen LogP contribution in [0.4, 0.5) is 14.5 Å². The molecule has 0 spiro atoms. The van der Waals surface area contributed by atoms with E-state index in [-0.39, 0.29) is 11.7 Å². The number of nitrogens with one attached hydrogen (secondary N) is 1. The molecule has 0 heterocycles. The first-order chi connectivity index (χ1) is 8.47. The Morgan fingerprint density at radius 1 is 1.44 bits per heavy atom. The molecule has 0 saturated heterocycles. The number of carboxylic acid groups (broad SMARTS) is 1. The van der Waals surface area contributed by atoms with Crippen LogP contribution in [0, 0.1) is 11.6 Å². The van der Waals surface area contributed by atoms with Crippen LogP contribution in [0.2, 0.25) is 0 Å².